The van der Waals surface area contributed by atoms with Gasteiger partial charge in [-0.25, -0.2) is 9.79 Å². The molecule has 1 aromatic heterocycles. The number of benzene rings is 3. The number of thiazole rings is 1. The average Bonchev–Trinajstić information content (AvgIpc) is 3.30. The lowest BCUT2D eigenvalue weighted by molar-refractivity contribution is -0.139. The molecule has 43 heavy (non-hydrogen) atoms. The number of nitriles is 1. The molecule has 1 aliphatic rings. The van der Waals surface area contributed by atoms with E-state index in [1.54, 1.807) is 36.6 Å². The summed E-state index contributed by atoms with van der Waals surface area (Å²) in [6.45, 7) is 8.37. The zero-order chi connectivity index (χ0) is 30.5. The molecular formula is C34H31N3O5S. The van der Waals surface area contributed by atoms with Gasteiger partial charge in [0.1, 0.15) is 6.61 Å². The molecule has 0 spiro atoms. The third kappa shape index (κ3) is 6.30. The molecule has 8 nitrogen and oxygen atoms in total. The van der Waals surface area contributed by atoms with E-state index in [1.807, 2.05) is 68.4 Å². The molecule has 2 heterocycles. The summed E-state index contributed by atoms with van der Waals surface area (Å²) in [6.07, 6.45) is 1.80. The predicted molar refractivity (Wildman–Crippen MR) is 165 cm³/mol. The molecule has 5 rings (SSSR count). The van der Waals surface area contributed by atoms with Crippen molar-refractivity contribution in [2.75, 3.05) is 13.2 Å². The van der Waals surface area contributed by atoms with Gasteiger partial charge in [-0.05, 0) is 74.7 Å². The molecule has 1 atom stereocenters. The number of esters is 1. The largest absolute Gasteiger partial charge is 0.490 e. The van der Waals surface area contributed by atoms with Crippen LogP contribution in [0.1, 0.15) is 54.6 Å². The van der Waals surface area contributed by atoms with E-state index >= 15 is 0 Å². The van der Waals surface area contributed by atoms with Crippen molar-refractivity contribution in [1.82, 2.24) is 4.57 Å². The molecule has 4 aromatic rings. The fourth-order valence-electron chi connectivity index (χ4n) is 4.85. The van der Waals surface area contributed by atoms with Gasteiger partial charge in [0, 0.05) is 0 Å². The van der Waals surface area contributed by atoms with Crippen LogP contribution in [0.4, 0.5) is 0 Å². The van der Waals surface area contributed by atoms with Gasteiger partial charge in [0.2, 0.25) is 0 Å². The van der Waals surface area contributed by atoms with Crippen molar-refractivity contribution in [3.63, 3.8) is 0 Å². The SMILES string of the molecule is CCOC(=O)C1=C(C)N=c2s/c(=C\c3ccc(OCc4ccc(C#N)cc4)c(OCC)c3)c(=O)n2[C@@H]1c1ccc(C)cc1. The van der Waals surface area contributed by atoms with Gasteiger partial charge in [-0.2, -0.15) is 5.26 Å². The molecule has 0 fully saturated rings. The Bertz CT molecular complexity index is 1910. The van der Waals surface area contributed by atoms with Gasteiger partial charge in [-0.3, -0.25) is 9.36 Å². The number of ether oxygens (including phenoxy) is 3. The first-order valence-corrected chi connectivity index (χ1v) is 14.8. The van der Waals surface area contributed by atoms with Crippen LogP contribution in [0.3, 0.4) is 0 Å². The van der Waals surface area contributed by atoms with Crippen LogP contribution in [0.5, 0.6) is 11.5 Å². The van der Waals surface area contributed by atoms with E-state index in [9.17, 15) is 9.59 Å². The van der Waals surface area contributed by atoms with Crippen LogP contribution in [0.25, 0.3) is 6.08 Å². The maximum atomic E-state index is 13.9. The van der Waals surface area contributed by atoms with E-state index in [0.717, 1.165) is 22.3 Å². The maximum absolute atomic E-state index is 13.9. The number of fused-ring (bicyclic) bond motifs is 1. The third-order valence-electron chi connectivity index (χ3n) is 6.95. The van der Waals surface area contributed by atoms with Crippen LogP contribution in [0.2, 0.25) is 0 Å². The smallest absolute Gasteiger partial charge is 0.338 e. The van der Waals surface area contributed by atoms with E-state index in [0.29, 0.717) is 50.9 Å². The second kappa shape index (κ2) is 12.9. The van der Waals surface area contributed by atoms with E-state index in [4.69, 9.17) is 19.5 Å². The summed E-state index contributed by atoms with van der Waals surface area (Å²) in [5.41, 5.74) is 4.78. The molecule has 9 heteroatoms. The Labute approximate surface area is 253 Å². The van der Waals surface area contributed by atoms with Gasteiger partial charge in [-0.1, -0.05) is 59.4 Å². The van der Waals surface area contributed by atoms with Gasteiger partial charge in [-0.15, -0.1) is 0 Å². The summed E-state index contributed by atoms with van der Waals surface area (Å²) in [4.78, 5) is 32.2. The van der Waals surface area contributed by atoms with Crippen LogP contribution in [0, 0.1) is 18.3 Å². The number of allylic oxidation sites excluding steroid dienone is 1. The molecule has 0 bridgehead atoms. The van der Waals surface area contributed by atoms with Crippen LogP contribution in [-0.2, 0) is 16.1 Å². The predicted octanol–water partition coefficient (Wildman–Crippen LogP) is 4.96. The van der Waals surface area contributed by atoms with Crippen LogP contribution >= 0.6 is 11.3 Å². The molecule has 218 valence electrons. The summed E-state index contributed by atoms with van der Waals surface area (Å²) < 4.78 is 19.3. The van der Waals surface area contributed by atoms with E-state index in [-0.39, 0.29) is 12.2 Å². The van der Waals surface area contributed by atoms with Crippen molar-refractivity contribution in [2.45, 2.75) is 40.3 Å². The third-order valence-corrected chi connectivity index (χ3v) is 7.94. The second-order valence-electron chi connectivity index (χ2n) is 9.95. The average molecular weight is 594 g/mol. The minimum Gasteiger partial charge on any atom is -0.490 e. The maximum Gasteiger partial charge on any atom is 0.338 e. The number of aryl methyl sites for hydroxylation is 1. The van der Waals surface area contributed by atoms with Gasteiger partial charge in [0.15, 0.2) is 16.3 Å². The van der Waals surface area contributed by atoms with Crippen molar-refractivity contribution in [1.29, 1.82) is 5.26 Å². The van der Waals surface area contributed by atoms with Gasteiger partial charge < -0.3 is 14.2 Å². The Balaban J connectivity index is 1.53. The molecule has 3 aromatic carbocycles. The van der Waals surface area contributed by atoms with Crippen LogP contribution in [-0.4, -0.2) is 23.8 Å². The number of carbonyl (C=O) groups is 1. The van der Waals surface area contributed by atoms with E-state index in [1.165, 1.54) is 11.3 Å². The first-order valence-electron chi connectivity index (χ1n) is 14.0. The van der Waals surface area contributed by atoms with Crippen molar-refractivity contribution in [3.05, 3.63) is 126 Å². The molecule has 0 radical (unpaired) electrons. The second-order valence-corrected chi connectivity index (χ2v) is 11.0. The highest BCUT2D eigenvalue weighted by Crippen LogP contribution is 2.32. The van der Waals surface area contributed by atoms with E-state index < -0.39 is 12.0 Å². The zero-order valence-electron chi connectivity index (χ0n) is 24.4. The first-order chi connectivity index (χ1) is 20.8. The van der Waals surface area contributed by atoms with Crippen molar-refractivity contribution in [2.24, 2.45) is 4.99 Å². The number of aromatic nitrogens is 1. The van der Waals surface area contributed by atoms with Gasteiger partial charge in [0.25, 0.3) is 5.56 Å². The fourth-order valence-corrected chi connectivity index (χ4v) is 5.89. The molecule has 0 unspecified atom stereocenters. The zero-order valence-corrected chi connectivity index (χ0v) is 25.2. The minimum atomic E-state index is -0.657. The normalized spacial score (nSPS) is 14.5. The standard InChI is InChI=1S/C34H31N3O5S/c1-5-40-28-17-25(13-16-27(28)42-20-24-11-9-23(19-35)10-12-24)18-29-32(38)37-31(26-14-7-21(3)8-15-26)30(33(39)41-6-2)22(4)36-34(37)43-29/h7-18,31H,5-6,20H2,1-4H3/b29-18-/t31-/m1/s1. The Morgan fingerprint density at radius 1 is 1.00 bits per heavy atom. The summed E-state index contributed by atoms with van der Waals surface area (Å²) in [5, 5.41) is 9.02. The van der Waals surface area contributed by atoms with Crippen molar-refractivity contribution >= 4 is 23.4 Å². The molecule has 1 aliphatic heterocycles. The first kappa shape index (κ1) is 29.5. The van der Waals surface area contributed by atoms with Gasteiger partial charge in [0.05, 0.1) is 46.7 Å². The number of rotatable bonds is 9. The Morgan fingerprint density at radius 3 is 2.42 bits per heavy atom. The van der Waals surface area contributed by atoms with Gasteiger partial charge >= 0.3 is 5.97 Å². The number of hydrogen-bond donors (Lipinski definition) is 0. The number of carbonyl (C=O) groups excluding carboxylic acids is 1. The highest BCUT2D eigenvalue weighted by Gasteiger charge is 2.33. The molecule has 0 saturated heterocycles. The Hall–Kier alpha value is -4.94. The summed E-state index contributed by atoms with van der Waals surface area (Å²) in [5.74, 6) is 0.635. The molecular weight excluding hydrogens is 562 g/mol. The summed E-state index contributed by atoms with van der Waals surface area (Å²) >= 11 is 1.27. The topological polar surface area (TPSA) is 103 Å². The highest BCUT2D eigenvalue weighted by molar-refractivity contribution is 7.07. The summed E-state index contributed by atoms with van der Waals surface area (Å²) in [6, 6.07) is 22.0. The van der Waals surface area contributed by atoms with Crippen LogP contribution in [0.15, 0.2) is 87.8 Å². The highest BCUT2D eigenvalue weighted by atomic mass is 32.1. The van der Waals surface area contributed by atoms with Crippen molar-refractivity contribution in [3.8, 4) is 17.6 Å². The quantitative estimate of drug-likeness (QED) is 0.254. The van der Waals surface area contributed by atoms with Crippen LogP contribution < -0.4 is 24.4 Å². The lowest BCUT2D eigenvalue weighted by Gasteiger charge is -2.24. The minimum absolute atomic E-state index is 0.218. The fraction of sp³-hybridized carbons (Fsp3) is 0.235. The molecule has 0 saturated carbocycles. The Morgan fingerprint density at radius 2 is 1.74 bits per heavy atom. The lowest BCUT2D eigenvalue weighted by atomic mass is 9.95. The van der Waals surface area contributed by atoms with E-state index in [2.05, 4.69) is 11.1 Å². The summed E-state index contributed by atoms with van der Waals surface area (Å²) in [7, 11) is 0. The monoisotopic (exact) mass is 593 g/mol. The Kier molecular flexibility index (Phi) is 8.88. The molecule has 0 aliphatic carbocycles. The molecule has 0 amide bonds. The van der Waals surface area contributed by atoms with Crippen molar-refractivity contribution < 1.29 is 19.0 Å². The number of nitrogens with zero attached hydrogens (tertiary/aromatic N) is 3. The molecule has 0 N–H and O–H groups in total. The lowest BCUT2D eigenvalue weighted by Crippen LogP contribution is -2.39. The number of hydrogen-bond acceptors (Lipinski definition) is 8.